The van der Waals surface area contributed by atoms with Crippen LogP contribution in [-0.2, 0) is 16.1 Å². The molecule has 0 saturated heterocycles. The van der Waals surface area contributed by atoms with E-state index in [2.05, 4.69) is 32.0 Å². The second kappa shape index (κ2) is 10.1. The summed E-state index contributed by atoms with van der Waals surface area (Å²) in [4.78, 5) is 38.5. The van der Waals surface area contributed by atoms with E-state index in [1.807, 2.05) is 69.3 Å². The summed E-state index contributed by atoms with van der Waals surface area (Å²) in [5, 5.41) is 6.24. The van der Waals surface area contributed by atoms with Gasteiger partial charge in [0, 0.05) is 22.1 Å². The number of anilines is 1. The van der Waals surface area contributed by atoms with Crippen molar-refractivity contribution in [2.75, 3.05) is 10.7 Å². The lowest BCUT2D eigenvalue weighted by atomic mass is 10.1. The second-order valence-electron chi connectivity index (χ2n) is 8.45. The van der Waals surface area contributed by atoms with Gasteiger partial charge < -0.3 is 10.6 Å². The smallest absolute Gasteiger partial charge is 0.328 e. The number of hydrogen-bond acceptors (Lipinski definition) is 3. The molecule has 3 aromatic carbocycles. The Balaban J connectivity index is 1.57. The molecule has 7 nitrogen and oxygen atoms in total. The maximum atomic E-state index is 13.2. The van der Waals surface area contributed by atoms with Crippen LogP contribution in [0.2, 0.25) is 0 Å². The first kappa shape index (κ1) is 24.2. The van der Waals surface area contributed by atoms with Gasteiger partial charge in [-0.1, -0.05) is 63.5 Å². The predicted molar refractivity (Wildman–Crippen MR) is 141 cm³/mol. The van der Waals surface area contributed by atoms with E-state index in [4.69, 9.17) is 0 Å². The summed E-state index contributed by atoms with van der Waals surface area (Å²) < 4.78 is 2.17. The van der Waals surface area contributed by atoms with E-state index in [-0.39, 0.29) is 12.2 Å². The summed E-state index contributed by atoms with van der Waals surface area (Å²) in [6.07, 6.45) is 0. The van der Waals surface area contributed by atoms with Crippen molar-refractivity contribution >= 4 is 50.2 Å². The Morgan fingerprint density at radius 1 is 0.829 bits per heavy atom. The first-order valence-electron chi connectivity index (χ1n) is 11.1. The minimum absolute atomic E-state index is 0.192. The summed E-state index contributed by atoms with van der Waals surface area (Å²) in [6, 6.07) is 20.4. The first-order chi connectivity index (χ1) is 16.7. The Labute approximate surface area is 211 Å². The molecule has 0 unspecified atom stereocenters. The largest absolute Gasteiger partial charge is 0.344 e. The van der Waals surface area contributed by atoms with Crippen LogP contribution in [0.3, 0.4) is 0 Å². The zero-order chi connectivity index (χ0) is 25.1. The number of hydrogen-bond donors (Lipinski definition) is 3. The average molecular weight is 533 g/mol. The summed E-state index contributed by atoms with van der Waals surface area (Å²) in [7, 11) is 0. The van der Waals surface area contributed by atoms with Crippen LogP contribution in [0.15, 0.2) is 71.2 Å². The van der Waals surface area contributed by atoms with Crippen molar-refractivity contribution in [1.82, 2.24) is 9.99 Å². The van der Waals surface area contributed by atoms with Gasteiger partial charge in [-0.15, -0.1) is 0 Å². The van der Waals surface area contributed by atoms with Gasteiger partial charge in [0.1, 0.15) is 5.69 Å². The number of nitrogens with zero attached hydrogens (tertiary/aromatic N) is 1. The second-order valence-corrected chi connectivity index (χ2v) is 9.37. The van der Waals surface area contributed by atoms with Crippen LogP contribution < -0.4 is 16.1 Å². The quantitative estimate of drug-likeness (QED) is 0.317. The van der Waals surface area contributed by atoms with Crippen LogP contribution in [0.5, 0.6) is 0 Å². The number of carbonyl (C=O) groups is 3. The highest BCUT2D eigenvalue weighted by atomic mass is 79.9. The maximum absolute atomic E-state index is 13.2. The van der Waals surface area contributed by atoms with Crippen LogP contribution in [0.4, 0.5) is 5.69 Å². The van der Waals surface area contributed by atoms with Crippen molar-refractivity contribution in [1.29, 1.82) is 0 Å². The fraction of sp³-hybridized carbons (Fsp3) is 0.148. The standard InChI is InChI=1S/C27H25BrN4O3/c1-16-4-7-19(8-5-16)15-29-26(34)27(35)31-32-23-11-9-21(28)13-20(23)14-24(32)25(33)30-22-10-6-17(2)12-18(22)3/h4-14H,15H2,1-3H3,(H,29,34)(H,30,33)(H,31,35). The van der Waals surface area contributed by atoms with Crippen LogP contribution in [0.25, 0.3) is 10.9 Å². The van der Waals surface area contributed by atoms with E-state index in [0.29, 0.717) is 11.2 Å². The number of nitrogens with one attached hydrogen (secondary N) is 3. The molecule has 178 valence electrons. The molecule has 0 spiro atoms. The molecule has 0 aliphatic rings. The number of carbonyl (C=O) groups excluding carboxylic acids is 3. The van der Waals surface area contributed by atoms with Crippen molar-refractivity contribution in [3.8, 4) is 0 Å². The van der Waals surface area contributed by atoms with Crippen molar-refractivity contribution in [2.24, 2.45) is 0 Å². The number of halogens is 1. The number of benzene rings is 3. The molecule has 0 aliphatic carbocycles. The van der Waals surface area contributed by atoms with Crippen molar-refractivity contribution in [2.45, 2.75) is 27.3 Å². The molecule has 35 heavy (non-hydrogen) atoms. The molecule has 3 N–H and O–H groups in total. The maximum Gasteiger partial charge on any atom is 0.328 e. The van der Waals surface area contributed by atoms with E-state index < -0.39 is 17.7 Å². The molecule has 4 aromatic rings. The molecule has 1 aromatic heterocycles. The lowest BCUT2D eigenvalue weighted by molar-refractivity contribution is -0.136. The van der Waals surface area contributed by atoms with E-state index in [1.165, 1.54) is 4.68 Å². The zero-order valence-electron chi connectivity index (χ0n) is 19.6. The van der Waals surface area contributed by atoms with Crippen LogP contribution >= 0.6 is 15.9 Å². The minimum Gasteiger partial charge on any atom is -0.344 e. The third-order valence-corrected chi connectivity index (χ3v) is 6.11. The fourth-order valence-corrected chi connectivity index (χ4v) is 4.11. The van der Waals surface area contributed by atoms with Gasteiger partial charge in [-0.25, -0.2) is 4.68 Å². The van der Waals surface area contributed by atoms with E-state index >= 15 is 0 Å². The molecule has 4 rings (SSSR count). The highest BCUT2D eigenvalue weighted by molar-refractivity contribution is 9.10. The lowest BCUT2D eigenvalue weighted by Gasteiger charge is -2.14. The third-order valence-electron chi connectivity index (χ3n) is 5.62. The predicted octanol–water partition coefficient (Wildman–Crippen LogP) is 4.97. The number of aryl methyl sites for hydroxylation is 3. The van der Waals surface area contributed by atoms with Gasteiger partial charge >= 0.3 is 11.8 Å². The SMILES string of the molecule is Cc1ccc(CNC(=O)C(=O)Nn2c(C(=O)Nc3ccc(C)cc3C)cc3cc(Br)ccc32)cc1. The molecule has 0 fully saturated rings. The van der Waals surface area contributed by atoms with Crippen molar-refractivity contribution < 1.29 is 14.4 Å². The third kappa shape index (κ3) is 5.60. The van der Waals surface area contributed by atoms with E-state index in [1.54, 1.807) is 18.2 Å². The van der Waals surface area contributed by atoms with E-state index in [9.17, 15) is 14.4 Å². The molecule has 3 amide bonds. The van der Waals surface area contributed by atoms with Gasteiger partial charge in [0.15, 0.2) is 0 Å². The Bertz CT molecular complexity index is 1440. The van der Waals surface area contributed by atoms with Gasteiger partial charge in [-0.2, -0.15) is 0 Å². The fourth-order valence-electron chi connectivity index (χ4n) is 3.73. The van der Waals surface area contributed by atoms with Crippen molar-refractivity contribution in [3.63, 3.8) is 0 Å². The van der Waals surface area contributed by atoms with Crippen LogP contribution in [-0.4, -0.2) is 22.4 Å². The van der Waals surface area contributed by atoms with Crippen molar-refractivity contribution in [3.05, 3.63) is 99.2 Å². The normalized spacial score (nSPS) is 10.7. The summed E-state index contributed by atoms with van der Waals surface area (Å²) >= 11 is 3.43. The molecule has 0 atom stereocenters. The Morgan fingerprint density at radius 2 is 1.54 bits per heavy atom. The van der Waals surface area contributed by atoms with Gasteiger partial charge in [0.05, 0.1) is 5.52 Å². The molecule has 0 aliphatic heterocycles. The molecule has 0 saturated carbocycles. The Morgan fingerprint density at radius 3 is 2.26 bits per heavy atom. The molecule has 1 heterocycles. The van der Waals surface area contributed by atoms with Gasteiger partial charge in [-0.05, 0) is 62.2 Å². The van der Waals surface area contributed by atoms with E-state index in [0.717, 1.165) is 32.1 Å². The Hall–Kier alpha value is -3.91. The zero-order valence-corrected chi connectivity index (χ0v) is 21.2. The number of amides is 3. The van der Waals surface area contributed by atoms with Gasteiger partial charge in [-0.3, -0.25) is 19.8 Å². The summed E-state index contributed by atoms with van der Waals surface area (Å²) in [6.45, 7) is 6.08. The first-order valence-corrected chi connectivity index (χ1v) is 11.8. The van der Waals surface area contributed by atoms with Gasteiger partial charge in [0.25, 0.3) is 5.91 Å². The highest BCUT2D eigenvalue weighted by Gasteiger charge is 2.21. The lowest BCUT2D eigenvalue weighted by Crippen LogP contribution is -2.39. The minimum atomic E-state index is -0.877. The molecular weight excluding hydrogens is 508 g/mol. The highest BCUT2D eigenvalue weighted by Crippen LogP contribution is 2.24. The van der Waals surface area contributed by atoms with Crippen LogP contribution in [0, 0.1) is 20.8 Å². The summed E-state index contributed by atoms with van der Waals surface area (Å²) in [5.41, 5.74) is 8.01. The molecule has 0 radical (unpaired) electrons. The van der Waals surface area contributed by atoms with Crippen LogP contribution in [0.1, 0.15) is 32.7 Å². The monoisotopic (exact) mass is 532 g/mol. The number of aromatic nitrogens is 1. The van der Waals surface area contributed by atoms with Gasteiger partial charge in [0.2, 0.25) is 0 Å². The topological polar surface area (TPSA) is 92.2 Å². The molecule has 0 bridgehead atoms. The summed E-state index contributed by atoms with van der Waals surface area (Å²) in [5.74, 6) is -2.09. The average Bonchev–Trinajstić information content (AvgIpc) is 3.17. The number of rotatable bonds is 5. The number of fused-ring (bicyclic) bond motifs is 1. The molecular formula is C27H25BrN4O3. The Kier molecular flexibility index (Phi) is 7.02. The molecule has 8 heteroatoms.